The summed E-state index contributed by atoms with van der Waals surface area (Å²) in [5.74, 6) is -0.520. The van der Waals surface area contributed by atoms with Crippen LogP contribution in [0.15, 0.2) is 12.3 Å². The van der Waals surface area contributed by atoms with Gasteiger partial charge in [0.1, 0.15) is 5.82 Å². The molecule has 2 N–H and O–H groups in total. The molecule has 0 aromatic carbocycles. The van der Waals surface area contributed by atoms with E-state index in [0.717, 1.165) is 0 Å². The third-order valence-corrected chi connectivity index (χ3v) is 2.08. The van der Waals surface area contributed by atoms with Crippen LogP contribution in [0.2, 0.25) is 0 Å². The van der Waals surface area contributed by atoms with E-state index in [1.807, 2.05) is 0 Å². The molecule has 1 heterocycles. The second-order valence-corrected chi connectivity index (χ2v) is 3.45. The number of ether oxygens (including phenoxy) is 2. The van der Waals surface area contributed by atoms with E-state index in [4.69, 9.17) is 4.74 Å². The summed E-state index contributed by atoms with van der Waals surface area (Å²) in [5.41, 5.74) is 0. The molecule has 0 radical (unpaired) electrons. The molecule has 0 bridgehead atoms. The van der Waals surface area contributed by atoms with Gasteiger partial charge >= 0.3 is 5.97 Å². The molecule has 0 unspecified atom stereocenters. The molecule has 104 valence electrons. The fraction of sp³-hybridized carbons (Fsp3) is 0.455. The van der Waals surface area contributed by atoms with E-state index < -0.39 is 5.97 Å². The Labute approximate surface area is 110 Å². The van der Waals surface area contributed by atoms with Crippen molar-refractivity contribution in [2.75, 3.05) is 39.2 Å². The van der Waals surface area contributed by atoms with Crippen molar-refractivity contribution in [3.05, 3.63) is 18.1 Å². The van der Waals surface area contributed by atoms with Gasteiger partial charge in [-0.15, -0.1) is 0 Å². The number of hydrogen-bond donors (Lipinski definition) is 2. The summed E-state index contributed by atoms with van der Waals surface area (Å²) in [5, 5.41) is 5.42. The number of nitrogens with zero attached hydrogens (tertiary/aromatic N) is 2. The third-order valence-electron chi connectivity index (χ3n) is 2.08. The van der Waals surface area contributed by atoms with Crippen molar-refractivity contribution < 1.29 is 19.1 Å². The van der Waals surface area contributed by atoms with Crippen molar-refractivity contribution in [2.24, 2.45) is 0 Å². The van der Waals surface area contributed by atoms with E-state index in [1.165, 1.54) is 13.3 Å². The van der Waals surface area contributed by atoms with Crippen molar-refractivity contribution >= 4 is 17.7 Å². The van der Waals surface area contributed by atoms with Crippen LogP contribution in [0, 0.1) is 0 Å². The minimum absolute atomic E-state index is 0.0430. The van der Waals surface area contributed by atoms with Gasteiger partial charge in [-0.25, -0.2) is 14.8 Å². The van der Waals surface area contributed by atoms with Crippen molar-refractivity contribution in [3.8, 4) is 0 Å². The molecule has 0 fully saturated rings. The largest absolute Gasteiger partial charge is 0.463 e. The fourth-order valence-electron chi connectivity index (χ4n) is 1.17. The number of amides is 1. The predicted molar refractivity (Wildman–Crippen MR) is 66.7 cm³/mol. The lowest BCUT2D eigenvalue weighted by molar-refractivity contribution is -0.119. The second kappa shape index (κ2) is 7.98. The van der Waals surface area contributed by atoms with Crippen LogP contribution in [0.3, 0.4) is 0 Å². The van der Waals surface area contributed by atoms with Gasteiger partial charge in [0.2, 0.25) is 11.7 Å². The van der Waals surface area contributed by atoms with Crippen LogP contribution >= 0.6 is 0 Å². The number of methoxy groups -OCH3 is 2. The SMILES string of the molecule is COCCNC(=O)CNc1ccnc(C(=O)OC)n1. The van der Waals surface area contributed by atoms with Crippen LogP contribution in [0.1, 0.15) is 10.6 Å². The lowest BCUT2D eigenvalue weighted by Gasteiger charge is -2.07. The predicted octanol–water partition coefficient (Wildman–Crippen LogP) is -0.562. The van der Waals surface area contributed by atoms with Gasteiger partial charge in [-0.3, -0.25) is 4.79 Å². The van der Waals surface area contributed by atoms with Crippen LogP contribution < -0.4 is 10.6 Å². The second-order valence-electron chi connectivity index (χ2n) is 3.45. The van der Waals surface area contributed by atoms with Gasteiger partial charge in [-0.05, 0) is 6.07 Å². The number of aromatic nitrogens is 2. The molecule has 8 nitrogen and oxygen atoms in total. The molecule has 0 atom stereocenters. The molecule has 0 saturated heterocycles. The number of hydrogen-bond acceptors (Lipinski definition) is 7. The number of nitrogens with one attached hydrogen (secondary N) is 2. The Bertz CT molecular complexity index is 438. The van der Waals surface area contributed by atoms with Crippen LogP contribution in [0.5, 0.6) is 0 Å². The number of anilines is 1. The van der Waals surface area contributed by atoms with E-state index in [-0.39, 0.29) is 18.3 Å². The Morgan fingerprint density at radius 1 is 1.37 bits per heavy atom. The lowest BCUT2D eigenvalue weighted by atomic mass is 10.5. The summed E-state index contributed by atoms with van der Waals surface area (Å²) in [6, 6.07) is 1.55. The molecule has 0 aliphatic carbocycles. The zero-order valence-corrected chi connectivity index (χ0v) is 10.8. The van der Waals surface area contributed by atoms with E-state index in [9.17, 15) is 9.59 Å². The molecule has 1 amide bonds. The van der Waals surface area contributed by atoms with E-state index in [1.54, 1.807) is 13.2 Å². The Morgan fingerprint density at radius 3 is 2.84 bits per heavy atom. The molecule has 0 saturated carbocycles. The summed E-state index contributed by atoms with van der Waals surface area (Å²) in [6.45, 7) is 0.932. The maximum atomic E-state index is 11.4. The highest BCUT2D eigenvalue weighted by Crippen LogP contribution is 2.02. The normalized spacial score (nSPS) is 9.79. The minimum Gasteiger partial charge on any atom is -0.463 e. The number of rotatable bonds is 7. The average Bonchev–Trinajstić information content (AvgIpc) is 2.45. The topological polar surface area (TPSA) is 102 Å². The van der Waals surface area contributed by atoms with Crippen LogP contribution in [-0.4, -0.2) is 55.8 Å². The molecule has 8 heteroatoms. The number of esters is 1. The Kier molecular flexibility index (Phi) is 6.23. The molecule has 1 aromatic rings. The van der Waals surface area contributed by atoms with Crippen LogP contribution in [0.4, 0.5) is 5.82 Å². The molecular weight excluding hydrogens is 252 g/mol. The Morgan fingerprint density at radius 2 is 2.16 bits per heavy atom. The van der Waals surface area contributed by atoms with Crippen LogP contribution in [-0.2, 0) is 14.3 Å². The summed E-state index contributed by atoms with van der Waals surface area (Å²) < 4.78 is 9.30. The quantitative estimate of drug-likeness (QED) is 0.504. The highest BCUT2D eigenvalue weighted by atomic mass is 16.5. The molecule has 1 aromatic heterocycles. The van der Waals surface area contributed by atoms with Gasteiger partial charge in [0.25, 0.3) is 0 Å². The number of carbonyl (C=O) groups is 2. The van der Waals surface area contributed by atoms with Gasteiger partial charge in [0.05, 0.1) is 20.3 Å². The van der Waals surface area contributed by atoms with Crippen molar-refractivity contribution in [2.45, 2.75) is 0 Å². The monoisotopic (exact) mass is 268 g/mol. The first-order chi connectivity index (χ1) is 9.17. The van der Waals surface area contributed by atoms with Crippen molar-refractivity contribution in [3.63, 3.8) is 0 Å². The van der Waals surface area contributed by atoms with E-state index in [2.05, 4.69) is 25.3 Å². The van der Waals surface area contributed by atoms with E-state index in [0.29, 0.717) is 19.0 Å². The minimum atomic E-state index is -0.631. The van der Waals surface area contributed by atoms with Gasteiger partial charge < -0.3 is 20.1 Å². The lowest BCUT2D eigenvalue weighted by Crippen LogP contribution is -2.32. The molecule has 19 heavy (non-hydrogen) atoms. The zero-order chi connectivity index (χ0) is 14.1. The first-order valence-electron chi connectivity index (χ1n) is 5.58. The summed E-state index contributed by atoms with van der Waals surface area (Å²) in [4.78, 5) is 30.3. The van der Waals surface area contributed by atoms with Gasteiger partial charge in [-0.2, -0.15) is 0 Å². The van der Waals surface area contributed by atoms with Gasteiger partial charge in [0.15, 0.2) is 0 Å². The molecule has 0 spiro atoms. The van der Waals surface area contributed by atoms with Crippen molar-refractivity contribution in [1.82, 2.24) is 15.3 Å². The molecular formula is C11H16N4O4. The summed E-state index contributed by atoms with van der Waals surface area (Å²) in [7, 11) is 2.80. The molecule has 0 aliphatic rings. The molecule has 0 aliphatic heterocycles. The first kappa shape index (κ1) is 14.8. The first-order valence-corrected chi connectivity index (χ1v) is 5.58. The third kappa shape index (κ3) is 5.30. The summed E-state index contributed by atoms with van der Waals surface area (Å²) in [6.07, 6.45) is 1.41. The zero-order valence-electron chi connectivity index (χ0n) is 10.8. The highest BCUT2D eigenvalue weighted by Gasteiger charge is 2.09. The molecule has 1 rings (SSSR count). The van der Waals surface area contributed by atoms with Gasteiger partial charge in [0, 0.05) is 19.9 Å². The standard InChI is InChI=1S/C11H16N4O4/c1-18-6-5-12-9(16)7-14-8-3-4-13-10(15-8)11(17)19-2/h3-4H,5-7H2,1-2H3,(H,12,16)(H,13,14,15). The summed E-state index contributed by atoms with van der Waals surface area (Å²) >= 11 is 0. The van der Waals surface area contributed by atoms with Crippen molar-refractivity contribution in [1.29, 1.82) is 0 Å². The Balaban J connectivity index is 2.44. The smallest absolute Gasteiger partial charge is 0.376 e. The fourth-order valence-corrected chi connectivity index (χ4v) is 1.17. The highest BCUT2D eigenvalue weighted by molar-refractivity contribution is 5.85. The van der Waals surface area contributed by atoms with E-state index >= 15 is 0 Å². The Hall–Kier alpha value is -2.22. The maximum Gasteiger partial charge on any atom is 0.376 e. The average molecular weight is 268 g/mol. The van der Waals surface area contributed by atoms with Crippen LogP contribution in [0.25, 0.3) is 0 Å². The van der Waals surface area contributed by atoms with Gasteiger partial charge in [-0.1, -0.05) is 0 Å². The number of carbonyl (C=O) groups excluding carboxylic acids is 2. The maximum absolute atomic E-state index is 11.4.